The maximum Gasteiger partial charge on any atom is 0.347 e. The number of imide groups is 2. The number of rotatable bonds is 6. The molecule has 57 heavy (non-hydrogen) atoms. The van der Waals surface area contributed by atoms with Crippen molar-refractivity contribution in [3.8, 4) is 11.5 Å². The van der Waals surface area contributed by atoms with Gasteiger partial charge in [0, 0.05) is 16.7 Å². The number of para-hydroxylation sites is 2. The summed E-state index contributed by atoms with van der Waals surface area (Å²) in [5, 5.41) is 0.709. The van der Waals surface area contributed by atoms with E-state index in [0.717, 1.165) is 20.9 Å². The molecule has 1 saturated heterocycles. The lowest BCUT2D eigenvalue weighted by molar-refractivity contribution is -0.119. The van der Waals surface area contributed by atoms with Gasteiger partial charge in [0.15, 0.2) is 0 Å². The predicted octanol–water partition coefficient (Wildman–Crippen LogP) is 6.66. The Morgan fingerprint density at radius 3 is 1.79 bits per heavy atom. The minimum absolute atomic E-state index is 0.0464. The highest BCUT2D eigenvalue weighted by molar-refractivity contribution is 6.37. The lowest BCUT2D eigenvalue weighted by atomic mass is 9.91. The van der Waals surface area contributed by atoms with Crippen molar-refractivity contribution >= 4 is 56.8 Å². The second-order valence-corrected chi connectivity index (χ2v) is 13.9. The molecule has 12 nitrogen and oxygen atoms in total. The largest absolute Gasteiger partial charge is 0.407 e. The van der Waals surface area contributed by atoms with Gasteiger partial charge in [0.2, 0.25) is 11.8 Å². The lowest BCUT2D eigenvalue weighted by Crippen LogP contribution is -2.29. The molecule has 1 aliphatic carbocycles. The molecule has 3 aliphatic rings. The summed E-state index contributed by atoms with van der Waals surface area (Å²) in [4.78, 5) is 90.3. The van der Waals surface area contributed by atoms with Crippen LogP contribution in [0.25, 0.3) is 33.3 Å². The number of fused-ring (bicyclic) bond motifs is 4. The van der Waals surface area contributed by atoms with E-state index in [1.165, 1.54) is 12.1 Å². The molecule has 2 aromatic heterocycles. The first-order chi connectivity index (χ1) is 27.7. The van der Waals surface area contributed by atoms with Gasteiger partial charge in [-0.25, -0.2) is 29.4 Å². The van der Waals surface area contributed by atoms with Crippen molar-refractivity contribution in [2.45, 2.75) is 18.8 Å². The molecule has 7 aromatic rings. The molecule has 4 amide bonds. The maximum atomic E-state index is 13.6. The van der Waals surface area contributed by atoms with Gasteiger partial charge in [0.05, 0.1) is 50.2 Å². The molecule has 2 aliphatic heterocycles. The highest BCUT2D eigenvalue weighted by atomic mass is 16.4. The smallest absolute Gasteiger partial charge is 0.347 e. The van der Waals surface area contributed by atoms with Crippen LogP contribution >= 0.6 is 0 Å². The second-order valence-electron chi connectivity index (χ2n) is 13.9. The molecule has 0 N–H and O–H groups in total. The Labute approximate surface area is 321 Å². The van der Waals surface area contributed by atoms with Crippen molar-refractivity contribution in [1.82, 2.24) is 9.97 Å². The number of nitrogens with zero attached hydrogens (tertiary/aromatic N) is 4. The predicted molar refractivity (Wildman–Crippen MR) is 209 cm³/mol. The quantitative estimate of drug-likeness (QED) is 0.168. The van der Waals surface area contributed by atoms with Gasteiger partial charge in [0.25, 0.3) is 23.6 Å². The highest BCUT2D eigenvalue weighted by Gasteiger charge is 2.42. The molecule has 0 bridgehead atoms. The van der Waals surface area contributed by atoms with E-state index >= 15 is 0 Å². The fourth-order valence-corrected chi connectivity index (χ4v) is 7.55. The van der Waals surface area contributed by atoms with E-state index in [1.807, 2.05) is 24.3 Å². The van der Waals surface area contributed by atoms with Gasteiger partial charge in [-0.3, -0.25) is 19.2 Å². The zero-order valence-electron chi connectivity index (χ0n) is 29.7. The molecule has 0 saturated carbocycles. The first kappa shape index (κ1) is 33.7. The number of carbonyl (C=O) groups is 4. The summed E-state index contributed by atoms with van der Waals surface area (Å²) in [5.41, 5.74) is 3.85. The maximum absolute atomic E-state index is 13.6. The fraction of sp³-hybridized carbons (Fsp3) is 0.0667. The SMILES string of the molecule is O=C1C2=CCC(c3nc4ccccc4c(=O)o3)C=C2C(=O)N1c1ccc(Cc2ccc(N3C(=O)c4ccc(-c5nc6ccccc6c(=O)o5)cc4C3=O)cc2)cc1. The van der Waals surface area contributed by atoms with E-state index in [4.69, 9.17) is 8.83 Å². The number of aromatic nitrogens is 2. The number of hydrogen-bond acceptors (Lipinski definition) is 10. The Bertz CT molecular complexity index is 3110. The van der Waals surface area contributed by atoms with Gasteiger partial charge in [-0.1, -0.05) is 60.7 Å². The number of amides is 4. The molecule has 10 rings (SSSR count). The average molecular weight is 751 g/mol. The monoisotopic (exact) mass is 750 g/mol. The average Bonchev–Trinajstić information content (AvgIpc) is 3.64. The molecule has 274 valence electrons. The number of anilines is 2. The van der Waals surface area contributed by atoms with Crippen LogP contribution in [-0.2, 0) is 16.0 Å². The van der Waals surface area contributed by atoms with Crippen molar-refractivity contribution in [2.75, 3.05) is 9.80 Å². The summed E-state index contributed by atoms with van der Waals surface area (Å²) in [6.07, 6.45) is 4.19. The van der Waals surface area contributed by atoms with Gasteiger partial charge in [-0.15, -0.1) is 0 Å². The molecular weight excluding hydrogens is 725 g/mol. The third kappa shape index (κ3) is 5.53. The minimum atomic E-state index is -0.551. The summed E-state index contributed by atoms with van der Waals surface area (Å²) in [6, 6.07) is 32.5. The Morgan fingerprint density at radius 1 is 0.561 bits per heavy atom. The Hall–Kier alpha value is -7.86. The van der Waals surface area contributed by atoms with E-state index in [1.54, 1.807) is 91.0 Å². The van der Waals surface area contributed by atoms with Crippen molar-refractivity contribution in [3.63, 3.8) is 0 Å². The fourth-order valence-electron chi connectivity index (χ4n) is 7.55. The zero-order chi connectivity index (χ0) is 38.9. The molecule has 1 fully saturated rings. The molecule has 0 spiro atoms. The molecule has 0 radical (unpaired) electrons. The van der Waals surface area contributed by atoms with Crippen LogP contribution < -0.4 is 21.1 Å². The Morgan fingerprint density at radius 2 is 1.12 bits per heavy atom. The van der Waals surface area contributed by atoms with E-state index < -0.39 is 40.8 Å². The normalized spacial score (nSPS) is 16.3. The highest BCUT2D eigenvalue weighted by Crippen LogP contribution is 2.38. The number of benzene rings is 5. The Kier molecular flexibility index (Phi) is 7.61. The third-order valence-electron chi connectivity index (χ3n) is 10.4. The minimum Gasteiger partial charge on any atom is -0.407 e. The standard InChI is InChI=1S/C45H26N4O8/c50-40-30-19-13-26(38-46-36-7-3-1-5-32(36)44(54)56-38)22-34(30)42(52)48(40)28-15-9-24(10-16-28)21-25-11-17-29(18-12-25)49-41(51)31-20-14-27(23-35(31)43(49)53)39-47-37-8-4-2-6-33(37)45(55)57-39/h1-13,15-20,22-23,27H,14,21H2. The molecule has 12 heteroatoms. The van der Waals surface area contributed by atoms with Gasteiger partial charge in [0.1, 0.15) is 0 Å². The first-order valence-corrected chi connectivity index (χ1v) is 18.0. The third-order valence-corrected chi connectivity index (χ3v) is 10.4. The first-order valence-electron chi connectivity index (χ1n) is 18.0. The van der Waals surface area contributed by atoms with Crippen LogP contribution in [0.3, 0.4) is 0 Å². The molecule has 1 unspecified atom stereocenters. The van der Waals surface area contributed by atoms with Crippen molar-refractivity contribution < 1.29 is 28.0 Å². The number of carbonyl (C=O) groups excluding carboxylic acids is 4. The topological polar surface area (TPSA) is 161 Å². The molecule has 1 atom stereocenters. The van der Waals surface area contributed by atoms with Crippen LogP contribution in [0, 0.1) is 0 Å². The van der Waals surface area contributed by atoms with Crippen molar-refractivity contribution in [3.05, 3.63) is 188 Å². The van der Waals surface area contributed by atoms with Crippen LogP contribution in [0.1, 0.15) is 50.1 Å². The second kappa shape index (κ2) is 12.9. The van der Waals surface area contributed by atoms with Gasteiger partial charge < -0.3 is 8.83 Å². The van der Waals surface area contributed by atoms with E-state index in [9.17, 15) is 28.8 Å². The van der Waals surface area contributed by atoms with E-state index in [2.05, 4.69) is 9.97 Å². The summed E-state index contributed by atoms with van der Waals surface area (Å²) in [6.45, 7) is 0. The van der Waals surface area contributed by atoms with Crippen molar-refractivity contribution in [1.29, 1.82) is 0 Å². The van der Waals surface area contributed by atoms with Crippen LogP contribution in [0.5, 0.6) is 0 Å². The van der Waals surface area contributed by atoms with Gasteiger partial charge >= 0.3 is 11.3 Å². The number of hydrogen-bond donors (Lipinski definition) is 0. The van der Waals surface area contributed by atoms with Gasteiger partial charge in [-0.2, -0.15) is 0 Å². The molecular formula is C45H26N4O8. The van der Waals surface area contributed by atoms with Crippen LogP contribution in [-0.4, -0.2) is 33.6 Å². The van der Waals surface area contributed by atoms with E-state index in [-0.39, 0.29) is 28.5 Å². The van der Waals surface area contributed by atoms with E-state index in [0.29, 0.717) is 57.2 Å². The molecule has 5 aromatic carbocycles. The lowest BCUT2D eigenvalue weighted by Gasteiger charge is -2.15. The van der Waals surface area contributed by atoms with Crippen LogP contribution in [0.15, 0.2) is 157 Å². The van der Waals surface area contributed by atoms with Gasteiger partial charge in [-0.05, 0) is 90.7 Å². The summed E-state index contributed by atoms with van der Waals surface area (Å²) in [7, 11) is 0. The molecule has 4 heterocycles. The summed E-state index contributed by atoms with van der Waals surface area (Å²) in [5.74, 6) is -2.13. The zero-order valence-corrected chi connectivity index (χ0v) is 29.7. The number of allylic oxidation sites excluding steroid dienone is 2. The van der Waals surface area contributed by atoms with Crippen LogP contribution in [0.4, 0.5) is 11.4 Å². The summed E-state index contributed by atoms with van der Waals surface area (Å²) >= 11 is 0. The van der Waals surface area contributed by atoms with Crippen LogP contribution in [0.2, 0.25) is 0 Å². The van der Waals surface area contributed by atoms with Crippen molar-refractivity contribution in [2.24, 2.45) is 0 Å². The summed E-state index contributed by atoms with van der Waals surface area (Å²) < 4.78 is 10.9. The Balaban J connectivity index is 0.835.